The van der Waals surface area contributed by atoms with Gasteiger partial charge in [-0.05, 0) is 58.9 Å². The van der Waals surface area contributed by atoms with Gasteiger partial charge in [0.15, 0.2) is 0 Å². The van der Waals surface area contributed by atoms with Crippen molar-refractivity contribution in [3.63, 3.8) is 0 Å². The summed E-state index contributed by atoms with van der Waals surface area (Å²) in [5.74, 6) is -0.484. The Morgan fingerprint density at radius 1 is 1.12 bits per heavy atom. The normalized spacial score (nSPS) is 20.3. The molecule has 33 heavy (non-hydrogen) atoms. The van der Waals surface area contributed by atoms with Crippen molar-refractivity contribution >= 4 is 17.8 Å². The largest absolute Gasteiger partial charge is 0.463 e. The third kappa shape index (κ3) is 8.13. The molecule has 0 bridgehead atoms. The lowest BCUT2D eigenvalue weighted by Gasteiger charge is -2.39. The smallest absolute Gasteiger partial charge is 0.333 e. The fourth-order valence-electron chi connectivity index (χ4n) is 4.47. The van der Waals surface area contributed by atoms with Crippen LogP contribution in [0.1, 0.15) is 81.1 Å². The van der Waals surface area contributed by atoms with Gasteiger partial charge in [-0.15, -0.1) is 0 Å². The second-order valence-corrected chi connectivity index (χ2v) is 9.97. The number of nitrogens with zero attached hydrogens (tertiary/aromatic N) is 2. The first-order valence-electron chi connectivity index (χ1n) is 12.6. The molecule has 1 heterocycles. The van der Waals surface area contributed by atoms with Crippen LogP contribution >= 0.6 is 0 Å². The monoisotopic (exact) mass is 465 g/mol. The molecule has 4 atom stereocenters. The number of hydrogen-bond acceptors (Lipinski definition) is 5. The second-order valence-electron chi connectivity index (χ2n) is 9.97. The molecule has 0 radical (unpaired) electrons. The van der Waals surface area contributed by atoms with E-state index in [1.54, 1.807) is 31.9 Å². The third-order valence-electron chi connectivity index (χ3n) is 6.78. The van der Waals surface area contributed by atoms with Crippen LogP contribution in [0.25, 0.3) is 0 Å². The van der Waals surface area contributed by atoms with Crippen molar-refractivity contribution in [3.8, 4) is 0 Å². The number of likely N-dealkylation sites (tertiary alicyclic amines) is 1. The first-order chi connectivity index (χ1) is 15.5. The molecule has 1 saturated heterocycles. The Bertz CT molecular complexity index is 689. The van der Waals surface area contributed by atoms with Crippen LogP contribution in [0.3, 0.4) is 0 Å². The zero-order valence-electron chi connectivity index (χ0n) is 22.3. The van der Waals surface area contributed by atoms with E-state index in [1.165, 1.54) is 0 Å². The molecule has 7 heteroatoms. The Morgan fingerprint density at radius 3 is 2.27 bits per heavy atom. The summed E-state index contributed by atoms with van der Waals surface area (Å²) in [5.41, 5.74) is 0.481. The molecule has 190 valence electrons. The van der Waals surface area contributed by atoms with Crippen LogP contribution in [-0.2, 0) is 19.1 Å². The van der Waals surface area contributed by atoms with E-state index in [4.69, 9.17) is 4.74 Å². The molecule has 7 nitrogen and oxygen atoms in total. The Labute approximate surface area is 201 Å². The molecule has 1 fully saturated rings. The maximum Gasteiger partial charge on any atom is 0.333 e. The Hall–Kier alpha value is -1.89. The zero-order chi connectivity index (χ0) is 25.3. The minimum atomic E-state index is -0.610. The predicted octanol–water partition coefficient (Wildman–Crippen LogP) is 3.77. The second kappa shape index (κ2) is 13.7. The highest BCUT2D eigenvalue weighted by Crippen LogP contribution is 2.22. The average Bonchev–Trinajstić information content (AvgIpc) is 2.78. The number of carbonyl (C=O) groups excluding carboxylic acids is 3. The molecule has 1 N–H and O–H groups in total. The average molecular weight is 466 g/mol. The van der Waals surface area contributed by atoms with Gasteiger partial charge >= 0.3 is 5.97 Å². The summed E-state index contributed by atoms with van der Waals surface area (Å²) in [6.07, 6.45) is 5.51. The number of esters is 1. The minimum absolute atomic E-state index is 0.0112. The number of ether oxygens (including phenoxy) is 1. The van der Waals surface area contributed by atoms with E-state index < -0.39 is 6.04 Å². The molecule has 0 aromatic heterocycles. The summed E-state index contributed by atoms with van der Waals surface area (Å²) in [6.45, 7) is 17.0. The number of carbonyl (C=O) groups is 3. The van der Waals surface area contributed by atoms with E-state index in [-0.39, 0.29) is 47.7 Å². The van der Waals surface area contributed by atoms with Gasteiger partial charge in [0.05, 0.1) is 18.7 Å². The van der Waals surface area contributed by atoms with Gasteiger partial charge in [0, 0.05) is 18.7 Å². The van der Waals surface area contributed by atoms with Gasteiger partial charge in [-0.2, -0.15) is 0 Å². The molecular weight excluding hydrogens is 418 g/mol. The van der Waals surface area contributed by atoms with Gasteiger partial charge in [0.25, 0.3) is 0 Å². The quantitative estimate of drug-likeness (QED) is 0.371. The first-order valence-corrected chi connectivity index (χ1v) is 12.6. The molecule has 1 rings (SSSR count). The SMILES string of the molecule is CCOC(=O)/C(C)=C/[C@H](C(C)C)N(C)C(=O)C(NC(=O)[C@H]1CCCCN1C(C)C)C(C)CC. The molecule has 0 aromatic rings. The van der Waals surface area contributed by atoms with Gasteiger partial charge in [-0.25, -0.2) is 4.79 Å². The summed E-state index contributed by atoms with van der Waals surface area (Å²) in [4.78, 5) is 43.0. The van der Waals surface area contributed by atoms with Gasteiger partial charge in [0.1, 0.15) is 6.04 Å². The number of likely N-dealkylation sites (N-methyl/N-ethyl adjacent to an activating group) is 1. The molecule has 0 spiro atoms. The maximum absolute atomic E-state index is 13.7. The number of rotatable bonds is 11. The van der Waals surface area contributed by atoms with Crippen molar-refractivity contribution in [1.82, 2.24) is 15.1 Å². The van der Waals surface area contributed by atoms with Gasteiger partial charge in [-0.3, -0.25) is 14.5 Å². The fraction of sp³-hybridized carbons (Fsp3) is 0.808. The van der Waals surface area contributed by atoms with Crippen LogP contribution in [0.15, 0.2) is 11.6 Å². The van der Waals surface area contributed by atoms with Crippen LogP contribution in [-0.4, -0.2) is 72.0 Å². The number of piperidine rings is 1. The molecule has 2 amide bonds. The van der Waals surface area contributed by atoms with Crippen molar-refractivity contribution in [2.45, 2.75) is 105 Å². The summed E-state index contributed by atoms with van der Waals surface area (Å²) in [5, 5.41) is 3.11. The van der Waals surface area contributed by atoms with E-state index in [0.29, 0.717) is 12.2 Å². The van der Waals surface area contributed by atoms with E-state index in [1.807, 2.05) is 27.7 Å². The minimum Gasteiger partial charge on any atom is -0.463 e. The molecule has 0 saturated carbocycles. The standard InChI is InChI=1S/C26H47N3O4/c1-10-19(7)23(27-24(30)21-14-12-13-15-29(21)18(5)6)25(31)28(9)22(17(3)4)16-20(8)26(32)33-11-2/h16-19,21-23H,10-15H2,1-9H3,(H,27,30)/b20-16+/t19?,21-,22-,23?/m1/s1. The molecule has 0 aliphatic carbocycles. The number of nitrogens with one attached hydrogen (secondary N) is 1. The van der Waals surface area contributed by atoms with E-state index in [9.17, 15) is 14.4 Å². The van der Waals surface area contributed by atoms with Crippen molar-refractivity contribution in [3.05, 3.63) is 11.6 Å². The van der Waals surface area contributed by atoms with Gasteiger partial charge in [0.2, 0.25) is 11.8 Å². The molecule has 0 aromatic carbocycles. The van der Waals surface area contributed by atoms with Crippen molar-refractivity contribution in [2.75, 3.05) is 20.2 Å². The number of hydrogen-bond donors (Lipinski definition) is 1. The van der Waals surface area contributed by atoms with E-state index in [2.05, 4.69) is 24.1 Å². The predicted molar refractivity (Wildman–Crippen MR) is 133 cm³/mol. The van der Waals surface area contributed by atoms with Crippen molar-refractivity contribution < 1.29 is 19.1 Å². The maximum atomic E-state index is 13.7. The molecule has 2 unspecified atom stereocenters. The highest BCUT2D eigenvalue weighted by molar-refractivity contribution is 5.91. The fourth-order valence-corrected chi connectivity index (χ4v) is 4.47. The van der Waals surface area contributed by atoms with Crippen molar-refractivity contribution in [2.24, 2.45) is 11.8 Å². The summed E-state index contributed by atoms with van der Waals surface area (Å²) in [6, 6.07) is -0.814. The topological polar surface area (TPSA) is 79.0 Å². The summed E-state index contributed by atoms with van der Waals surface area (Å²) in [7, 11) is 1.75. The van der Waals surface area contributed by atoms with Crippen molar-refractivity contribution in [1.29, 1.82) is 0 Å². The molecular formula is C26H47N3O4. The summed E-state index contributed by atoms with van der Waals surface area (Å²) < 4.78 is 5.10. The first kappa shape index (κ1) is 29.1. The van der Waals surface area contributed by atoms with Crippen LogP contribution < -0.4 is 5.32 Å². The highest BCUT2D eigenvalue weighted by atomic mass is 16.5. The zero-order valence-corrected chi connectivity index (χ0v) is 22.3. The number of amides is 2. The lowest BCUT2D eigenvalue weighted by Crippen LogP contribution is -2.59. The van der Waals surface area contributed by atoms with Gasteiger partial charge in [-0.1, -0.05) is 46.6 Å². The lowest BCUT2D eigenvalue weighted by molar-refractivity contribution is -0.140. The Balaban J connectivity index is 3.12. The third-order valence-corrected chi connectivity index (χ3v) is 6.78. The molecule has 1 aliphatic rings. The van der Waals surface area contributed by atoms with E-state index >= 15 is 0 Å². The van der Waals surface area contributed by atoms with E-state index in [0.717, 1.165) is 32.2 Å². The van der Waals surface area contributed by atoms with Crippen LogP contribution in [0.2, 0.25) is 0 Å². The molecule has 1 aliphatic heterocycles. The van der Waals surface area contributed by atoms with Crippen LogP contribution in [0.5, 0.6) is 0 Å². The Morgan fingerprint density at radius 2 is 1.76 bits per heavy atom. The lowest BCUT2D eigenvalue weighted by atomic mass is 9.93. The Kier molecular flexibility index (Phi) is 12.1. The van der Waals surface area contributed by atoms with Crippen LogP contribution in [0.4, 0.5) is 0 Å². The highest BCUT2D eigenvalue weighted by Gasteiger charge is 2.36. The summed E-state index contributed by atoms with van der Waals surface area (Å²) >= 11 is 0. The van der Waals surface area contributed by atoms with Gasteiger partial charge < -0.3 is 15.0 Å². The van der Waals surface area contributed by atoms with Crippen LogP contribution in [0, 0.1) is 11.8 Å².